The molecule has 2 aromatic carbocycles. The molecular formula is C34H40N2O8. The van der Waals surface area contributed by atoms with Gasteiger partial charge in [0, 0.05) is 23.6 Å². The molecule has 234 valence electrons. The van der Waals surface area contributed by atoms with E-state index in [2.05, 4.69) is 16.3 Å². The lowest BCUT2D eigenvalue weighted by atomic mass is 9.50. The van der Waals surface area contributed by atoms with E-state index in [1.54, 1.807) is 57.2 Å². The number of aryl methyl sites for hydroxylation is 1. The summed E-state index contributed by atoms with van der Waals surface area (Å²) >= 11 is 0. The van der Waals surface area contributed by atoms with E-state index in [1.165, 1.54) is 6.92 Å². The maximum absolute atomic E-state index is 13.5. The fourth-order valence-corrected chi connectivity index (χ4v) is 7.41. The molecule has 0 radical (unpaired) electrons. The summed E-state index contributed by atoms with van der Waals surface area (Å²) in [6, 6.07) is 11.5. The van der Waals surface area contributed by atoms with Gasteiger partial charge in [0.15, 0.2) is 6.10 Å². The van der Waals surface area contributed by atoms with E-state index in [9.17, 15) is 19.5 Å². The molecular weight excluding hydrogens is 564 g/mol. The Hall–Kier alpha value is -3.89. The molecule has 1 spiro atoms. The normalized spacial score (nSPS) is 28.0. The van der Waals surface area contributed by atoms with Crippen molar-refractivity contribution in [1.82, 2.24) is 10.2 Å². The second-order valence-corrected chi connectivity index (χ2v) is 13.4. The van der Waals surface area contributed by atoms with Crippen LogP contribution in [-0.4, -0.2) is 71.0 Å². The third kappa shape index (κ3) is 4.75. The Labute approximate surface area is 257 Å². The Morgan fingerprint density at radius 1 is 1.14 bits per heavy atom. The van der Waals surface area contributed by atoms with E-state index in [0.717, 1.165) is 29.0 Å². The summed E-state index contributed by atoms with van der Waals surface area (Å²) in [5.41, 5.74) is 0.905. The smallest absolute Gasteiger partial charge is 0.481 e. The molecule has 2 aliphatic carbocycles. The zero-order valence-corrected chi connectivity index (χ0v) is 26.0. The van der Waals surface area contributed by atoms with E-state index in [-0.39, 0.29) is 6.04 Å². The number of ether oxygens (including phenoxy) is 4. The molecule has 0 aromatic heterocycles. The first kappa shape index (κ1) is 30.1. The van der Waals surface area contributed by atoms with Gasteiger partial charge in [-0.2, -0.15) is 0 Å². The summed E-state index contributed by atoms with van der Waals surface area (Å²) in [4.78, 5) is 41.6. The van der Waals surface area contributed by atoms with Gasteiger partial charge in [-0.1, -0.05) is 42.5 Å². The first-order valence-electron chi connectivity index (χ1n) is 15.1. The van der Waals surface area contributed by atoms with E-state index >= 15 is 0 Å². The second kappa shape index (κ2) is 10.6. The standard InChI is InChI=1S/C34H40N2O8/c1-19-12-13-22-18-24-34(40)15-14-23(28-33(34,16-17-36(24)6)25(22)26(19)42-28)41-30(38)20(2)35-29(37)27(21-10-8-7-9-11-21)43-31(39)44-32(3,4)5/h7-14,20,24,27-28,40H,15-18H2,1-6H3,(H,35,37)/t20-,24+,27-,28-,33-,34+/m0/s1. The summed E-state index contributed by atoms with van der Waals surface area (Å²) in [5.74, 6) is -0.319. The van der Waals surface area contributed by atoms with Gasteiger partial charge in [-0.15, -0.1) is 0 Å². The molecule has 10 heteroatoms. The van der Waals surface area contributed by atoms with E-state index in [4.69, 9.17) is 18.9 Å². The van der Waals surface area contributed by atoms with Gasteiger partial charge in [-0.05, 0) is 78.3 Å². The van der Waals surface area contributed by atoms with Crippen molar-refractivity contribution in [2.45, 2.75) is 94.8 Å². The molecule has 1 fully saturated rings. The number of hydrogen-bond acceptors (Lipinski definition) is 9. The molecule has 2 heterocycles. The minimum absolute atomic E-state index is 0.102. The van der Waals surface area contributed by atoms with E-state index < -0.39 is 52.9 Å². The Morgan fingerprint density at radius 2 is 1.86 bits per heavy atom. The number of likely N-dealkylation sites (N-methyl/N-ethyl adjacent to an activating group) is 1. The summed E-state index contributed by atoms with van der Waals surface area (Å²) < 4.78 is 23.2. The summed E-state index contributed by atoms with van der Waals surface area (Å²) in [6.07, 6.45) is 0.375. The topological polar surface area (TPSA) is 124 Å². The second-order valence-electron chi connectivity index (χ2n) is 13.4. The molecule has 10 nitrogen and oxygen atoms in total. The lowest BCUT2D eigenvalue weighted by molar-refractivity contribution is -0.170. The van der Waals surface area contributed by atoms with Crippen molar-refractivity contribution in [3.63, 3.8) is 0 Å². The van der Waals surface area contributed by atoms with Crippen molar-refractivity contribution in [3.8, 4) is 5.75 Å². The highest BCUT2D eigenvalue weighted by Gasteiger charge is 2.71. The Kier molecular flexibility index (Phi) is 7.28. The maximum atomic E-state index is 13.5. The molecule has 0 saturated carbocycles. The summed E-state index contributed by atoms with van der Waals surface area (Å²) in [5, 5.41) is 15.0. The highest BCUT2D eigenvalue weighted by Crippen LogP contribution is 2.64. The first-order chi connectivity index (χ1) is 20.7. The van der Waals surface area contributed by atoms with Crippen molar-refractivity contribution < 1.29 is 38.4 Å². The molecule has 2 bridgehead atoms. The lowest BCUT2D eigenvalue weighted by Crippen LogP contribution is -2.74. The number of rotatable bonds is 6. The van der Waals surface area contributed by atoms with Gasteiger partial charge in [0.1, 0.15) is 23.2 Å². The molecule has 1 amide bonds. The SMILES string of the molecule is Cc1ccc2c3c1O[C@H]1C(OC(=O)[C@H](C)NC(=O)[C@@H](OC(=O)OC(C)(C)C)c4ccccc4)=CC[C@@]4(O)[C@@H](C2)N(C)CC[C@]314. The highest BCUT2D eigenvalue weighted by atomic mass is 16.7. The van der Waals surface area contributed by atoms with Crippen LogP contribution in [0.4, 0.5) is 4.79 Å². The minimum atomic E-state index is -1.35. The molecule has 2 aliphatic heterocycles. The number of carbonyl (C=O) groups excluding carboxylic acids is 3. The van der Waals surface area contributed by atoms with Crippen LogP contribution in [0.5, 0.6) is 5.75 Å². The third-order valence-electron chi connectivity index (χ3n) is 9.45. The van der Waals surface area contributed by atoms with Crippen LogP contribution in [0.25, 0.3) is 0 Å². The minimum Gasteiger partial charge on any atom is -0.481 e. The number of nitrogens with zero attached hydrogens (tertiary/aromatic N) is 1. The largest absolute Gasteiger partial charge is 0.509 e. The average molecular weight is 605 g/mol. The van der Waals surface area contributed by atoms with Crippen LogP contribution in [0, 0.1) is 6.92 Å². The van der Waals surface area contributed by atoms with Crippen LogP contribution in [0.3, 0.4) is 0 Å². The van der Waals surface area contributed by atoms with Gasteiger partial charge in [0.25, 0.3) is 5.91 Å². The van der Waals surface area contributed by atoms with Crippen molar-refractivity contribution in [2.24, 2.45) is 0 Å². The van der Waals surface area contributed by atoms with Crippen LogP contribution >= 0.6 is 0 Å². The zero-order chi connectivity index (χ0) is 31.6. The zero-order valence-electron chi connectivity index (χ0n) is 26.0. The van der Waals surface area contributed by atoms with Crippen LogP contribution in [0.2, 0.25) is 0 Å². The number of hydrogen-bond donors (Lipinski definition) is 2. The van der Waals surface area contributed by atoms with Crippen molar-refractivity contribution in [3.05, 3.63) is 76.6 Å². The van der Waals surface area contributed by atoms with Crippen molar-refractivity contribution in [2.75, 3.05) is 13.6 Å². The molecule has 2 N–H and O–H groups in total. The quantitative estimate of drug-likeness (QED) is 0.471. The molecule has 6 rings (SSSR count). The number of amides is 1. The van der Waals surface area contributed by atoms with Gasteiger partial charge in [0.05, 0.1) is 11.0 Å². The van der Waals surface area contributed by atoms with Crippen LogP contribution in [0.15, 0.2) is 54.3 Å². The fourth-order valence-electron chi connectivity index (χ4n) is 7.41. The van der Waals surface area contributed by atoms with Gasteiger partial charge in [-0.25, -0.2) is 9.59 Å². The monoisotopic (exact) mass is 604 g/mol. The van der Waals surface area contributed by atoms with Gasteiger partial charge in [-0.3, -0.25) is 4.79 Å². The molecule has 44 heavy (non-hydrogen) atoms. The predicted octanol–water partition coefficient (Wildman–Crippen LogP) is 4.01. The maximum Gasteiger partial charge on any atom is 0.509 e. The molecule has 0 unspecified atom stereocenters. The molecule has 6 atom stereocenters. The number of carbonyl (C=O) groups is 3. The molecule has 1 saturated heterocycles. The predicted molar refractivity (Wildman–Crippen MR) is 160 cm³/mol. The number of likely N-dealkylation sites (tertiary alicyclic amines) is 1. The molecule has 2 aromatic rings. The third-order valence-corrected chi connectivity index (χ3v) is 9.45. The number of aliphatic hydroxyl groups is 1. The number of esters is 1. The molecule has 4 aliphatic rings. The van der Waals surface area contributed by atoms with E-state index in [1.807, 2.05) is 20.0 Å². The Morgan fingerprint density at radius 3 is 2.57 bits per heavy atom. The number of nitrogens with one attached hydrogen (secondary N) is 1. The first-order valence-corrected chi connectivity index (χ1v) is 15.1. The van der Waals surface area contributed by atoms with Gasteiger partial charge < -0.3 is 34.3 Å². The van der Waals surface area contributed by atoms with Crippen LogP contribution in [0.1, 0.15) is 68.9 Å². The van der Waals surface area contributed by atoms with Gasteiger partial charge in [0.2, 0.25) is 6.10 Å². The summed E-state index contributed by atoms with van der Waals surface area (Å²) in [6.45, 7) is 9.34. The van der Waals surface area contributed by atoms with Crippen LogP contribution in [-0.2, 0) is 35.6 Å². The Bertz CT molecular complexity index is 1530. The van der Waals surface area contributed by atoms with E-state index in [0.29, 0.717) is 30.6 Å². The van der Waals surface area contributed by atoms with Crippen molar-refractivity contribution in [1.29, 1.82) is 0 Å². The highest BCUT2D eigenvalue weighted by molar-refractivity contribution is 5.89. The lowest BCUT2D eigenvalue weighted by Gasteiger charge is -2.61. The number of piperidine rings is 1. The van der Waals surface area contributed by atoms with Crippen molar-refractivity contribution >= 4 is 18.0 Å². The Balaban J connectivity index is 1.22. The fraction of sp³-hybridized carbons (Fsp3) is 0.500. The average Bonchev–Trinajstić information content (AvgIpc) is 3.32. The van der Waals surface area contributed by atoms with Crippen LogP contribution < -0.4 is 10.1 Å². The summed E-state index contributed by atoms with van der Waals surface area (Å²) in [7, 11) is 2.04. The number of benzene rings is 2. The van der Waals surface area contributed by atoms with Gasteiger partial charge >= 0.3 is 12.1 Å².